The summed E-state index contributed by atoms with van der Waals surface area (Å²) in [5.74, 6) is 0. The van der Waals surface area contributed by atoms with Crippen molar-refractivity contribution in [2.45, 2.75) is 4.90 Å². The summed E-state index contributed by atoms with van der Waals surface area (Å²) in [6.07, 6.45) is 1.52. The average Bonchev–Trinajstić information content (AvgIpc) is 1.89. The van der Waals surface area contributed by atoms with Gasteiger partial charge < -0.3 is 9.54 Å². The molecule has 0 spiro atoms. The first-order chi connectivity index (χ1) is 4.34. The van der Waals surface area contributed by atoms with Crippen LogP contribution in [0.3, 0.4) is 0 Å². The zero-order chi connectivity index (χ0) is 6.69. The topological polar surface area (TPSA) is 53.1 Å². The fourth-order valence-electron chi connectivity index (χ4n) is 0.478. The molecule has 0 aliphatic heterocycles. The van der Waals surface area contributed by atoms with Crippen LogP contribution < -0.4 is 5.56 Å². The number of pyridine rings is 1. The molecule has 2 N–H and O–H groups in total. The molecule has 1 aromatic rings. The molecule has 0 aromatic carbocycles. The second-order valence-electron chi connectivity index (χ2n) is 1.45. The minimum atomic E-state index is -0.259. The molecule has 0 fully saturated rings. The van der Waals surface area contributed by atoms with Gasteiger partial charge in [-0.2, -0.15) is 0 Å². The normalized spacial score (nSPS) is 8.50. The summed E-state index contributed by atoms with van der Waals surface area (Å²) in [6, 6.07) is 3.20. The van der Waals surface area contributed by atoms with Crippen molar-refractivity contribution in [1.82, 2.24) is 4.98 Å². The van der Waals surface area contributed by atoms with Crippen LogP contribution in [0.2, 0.25) is 0 Å². The van der Waals surface area contributed by atoms with Crippen LogP contribution in [-0.4, -0.2) is 39.1 Å². The second-order valence-corrected chi connectivity index (χ2v) is 2.08. The fraction of sp³-hybridized carbons (Fsp3) is 0. The molecule has 0 saturated heterocycles. The van der Waals surface area contributed by atoms with E-state index in [0.29, 0.717) is 16.9 Å². The van der Waals surface area contributed by atoms with Crippen LogP contribution in [0.5, 0.6) is 0 Å². The van der Waals surface area contributed by atoms with Gasteiger partial charge in [0.05, 0.1) is 0 Å². The van der Waals surface area contributed by atoms with Gasteiger partial charge in [0.15, 0.2) is 0 Å². The molecule has 1 heterocycles. The Balaban J connectivity index is 0.000000810. The van der Waals surface area contributed by atoms with Crippen LogP contribution >= 0.6 is 12.0 Å². The molecule has 0 aliphatic rings. The zero-order valence-electron chi connectivity index (χ0n) is 5.50. The van der Waals surface area contributed by atoms with Crippen LogP contribution in [0.25, 0.3) is 0 Å². The van der Waals surface area contributed by atoms with E-state index in [0.717, 1.165) is 0 Å². The third-order valence-corrected chi connectivity index (χ3v) is 1.40. The van der Waals surface area contributed by atoms with Gasteiger partial charge in [-0.15, -0.1) is 0 Å². The van der Waals surface area contributed by atoms with Crippen molar-refractivity contribution in [3.05, 3.63) is 28.7 Å². The van der Waals surface area contributed by atoms with Gasteiger partial charge in [-0.05, 0) is 12.1 Å². The summed E-state index contributed by atoms with van der Waals surface area (Å²) in [6.45, 7) is 0. The number of nitrogens with one attached hydrogen (secondary N) is 1. The minimum Gasteiger partial charge on any atom is -0.328 e. The molecule has 1 aromatic heterocycles. The Hall–Kier alpha value is 0.260. The van der Waals surface area contributed by atoms with Crippen molar-refractivity contribution >= 4 is 41.6 Å². The van der Waals surface area contributed by atoms with Crippen molar-refractivity contribution in [3.8, 4) is 0 Å². The molecule has 0 unspecified atom stereocenters. The number of rotatable bonds is 1. The first-order valence-electron chi connectivity index (χ1n) is 2.33. The van der Waals surface area contributed by atoms with E-state index in [2.05, 4.69) is 4.98 Å². The Morgan fingerprint density at radius 3 is 2.70 bits per heavy atom. The SMILES string of the molecule is O=c1[nH]cccc1SO.[Na]. The van der Waals surface area contributed by atoms with Gasteiger partial charge >= 0.3 is 0 Å². The van der Waals surface area contributed by atoms with Gasteiger partial charge in [0.1, 0.15) is 4.90 Å². The molecule has 1 radical (unpaired) electrons. The third-order valence-electron chi connectivity index (χ3n) is 0.880. The Labute approximate surface area is 84.4 Å². The quantitative estimate of drug-likeness (QED) is 0.473. The molecule has 0 saturated carbocycles. The molecule has 0 amide bonds. The molecule has 5 heteroatoms. The first-order valence-corrected chi connectivity index (χ1v) is 3.11. The monoisotopic (exact) mass is 166 g/mol. The maximum atomic E-state index is 10.6. The molecule has 0 atom stereocenters. The van der Waals surface area contributed by atoms with Gasteiger partial charge in [-0.25, -0.2) is 0 Å². The summed E-state index contributed by atoms with van der Waals surface area (Å²) >= 11 is 0.452. The van der Waals surface area contributed by atoms with E-state index in [9.17, 15) is 4.79 Å². The van der Waals surface area contributed by atoms with Crippen LogP contribution in [0.4, 0.5) is 0 Å². The van der Waals surface area contributed by atoms with Gasteiger partial charge in [0.2, 0.25) is 0 Å². The van der Waals surface area contributed by atoms with Crippen molar-refractivity contribution in [3.63, 3.8) is 0 Å². The molecule has 0 bridgehead atoms. The van der Waals surface area contributed by atoms with Crippen LogP contribution in [-0.2, 0) is 0 Å². The number of aromatic nitrogens is 1. The Kier molecular flexibility index (Phi) is 5.11. The zero-order valence-corrected chi connectivity index (χ0v) is 8.31. The van der Waals surface area contributed by atoms with Crippen molar-refractivity contribution in [1.29, 1.82) is 0 Å². The fourth-order valence-corrected chi connectivity index (χ4v) is 0.759. The number of hydrogen-bond donors (Lipinski definition) is 2. The third kappa shape index (κ3) is 2.48. The average molecular weight is 166 g/mol. The Morgan fingerprint density at radius 1 is 1.60 bits per heavy atom. The van der Waals surface area contributed by atoms with E-state index in [1.165, 1.54) is 6.20 Å². The first kappa shape index (κ1) is 10.3. The molecule has 10 heavy (non-hydrogen) atoms. The van der Waals surface area contributed by atoms with Crippen LogP contribution in [0, 0.1) is 0 Å². The molecule has 3 nitrogen and oxygen atoms in total. The van der Waals surface area contributed by atoms with Gasteiger partial charge in [0.25, 0.3) is 5.56 Å². The second kappa shape index (κ2) is 4.98. The maximum absolute atomic E-state index is 10.6. The van der Waals surface area contributed by atoms with E-state index >= 15 is 0 Å². The molecule has 49 valence electrons. The molecular weight excluding hydrogens is 161 g/mol. The predicted octanol–water partition coefficient (Wildman–Crippen LogP) is 0.559. The van der Waals surface area contributed by atoms with E-state index in [1.54, 1.807) is 12.1 Å². The van der Waals surface area contributed by atoms with E-state index in [1.807, 2.05) is 0 Å². The smallest absolute Gasteiger partial charge is 0.263 e. The number of aromatic amines is 1. The van der Waals surface area contributed by atoms with E-state index in [4.69, 9.17) is 4.55 Å². The standard InChI is InChI=1S/C5H5NO2S.Na/c7-5-4(9-8)2-1-3-6-5;/h1-3,8H,(H,6,7);. The van der Waals surface area contributed by atoms with Crippen molar-refractivity contribution < 1.29 is 4.55 Å². The molecular formula is C5H5NNaO2S. The summed E-state index contributed by atoms with van der Waals surface area (Å²) in [4.78, 5) is 13.3. The molecule has 0 aliphatic carbocycles. The van der Waals surface area contributed by atoms with Crippen molar-refractivity contribution in [2.75, 3.05) is 0 Å². The van der Waals surface area contributed by atoms with E-state index in [-0.39, 0.29) is 35.1 Å². The minimum absolute atomic E-state index is 0. The van der Waals surface area contributed by atoms with Gasteiger partial charge in [-0.3, -0.25) is 4.79 Å². The summed E-state index contributed by atoms with van der Waals surface area (Å²) < 4.78 is 8.42. The van der Waals surface area contributed by atoms with Gasteiger partial charge in [0, 0.05) is 47.8 Å². The number of H-pyrrole nitrogens is 1. The number of hydrogen-bond acceptors (Lipinski definition) is 3. The largest absolute Gasteiger partial charge is 0.328 e. The maximum Gasteiger partial charge on any atom is 0.263 e. The van der Waals surface area contributed by atoms with E-state index < -0.39 is 0 Å². The Bertz CT molecular complexity index is 249. The van der Waals surface area contributed by atoms with Crippen molar-refractivity contribution in [2.24, 2.45) is 0 Å². The summed E-state index contributed by atoms with van der Waals surface area (Å²) in [5.41, 5.74) is -0.259. The summed E-state index contributed by atoms with van der Waals surface area (Å²) in [5, 5.41) is 0. The predicted molar refractivity (Wildman–Crippen MR) is 41.3 cm³/mol. The van der Waals surface area contributed by atoms with Crippen LogP contribution in [0.15, 0.2) is 28.0 Å². The van der Waals surface area contributed by atoms with Gasteiger partial charge in [-0.1, -0.05) is 0 Å². The Morgan fingerprint density at radius 2 is 2.30 bits per heavy atom. The summed E-state index contributed by atoms with van der Waals surface area (Å²) in [7, 11) is 0. The van der Waals surface area contributed by atoms with Crippen LogP contribution in [0.1, 0.15) is 0 Å². The molecule has 1 rings (SSSR count).